The van der Waals surface area contributed by atoms with Gasteiger partial charge in [0.2, 0.25) is 0 Å². The molecule has 3 rings (SSSR count). The summed E-state index contributed by atoms with van der Waals surface area (Å²) in [4.78, 5) is 15.5. The number of hydrogen-bond acceptors (Lipinski definition) is 6. The highest BCUT2D eigenvalue weighted by Crippen LogP contribution is 2.22. The largest absolute Gasteiger partial charge is 0.369 e. The molecule has 1 saturated heterocycles. The smallest absolute Gasteiger partial charge is 0.125 e. The van der Waals surface area contributed by atoms with Gasteiger partial charge < -0.3 is 4.74 Å². The van der Waals surface area contributed by atoms with E-state index in [9.17, 15) is 0 Å². The summed E-state index contributed by atoms with van der Waals surface area (Å²) in [5, 5.41) is 3.26. The van der Waals surface area contributed by atoms with Gasteiger partial charge in [0.05, 0.1) is 23.0 Å². The van der Waals surface area contributed by atoms with Gasteiger partial charge in [0.1, 0.15) is 11.9 Å². The van der Waals surface area contributed by atoms with Gasteiger partial charge in [-0.3, -0.25) is 4.90 Å². The van der Waals surface area contributed by atoms with Crippen LogP contribution in [0.25, 0.3) is 0 Å². The second kappa shape index (κ2) is 5.95. The lowest BCUT2D eigenvalue weighted by molar-refractivity contribution is -0.0354. The first-order valence-electron chi connectivity index (χ1n) is 6.75. The zero-order chi connectivity index (χ0) is 13.9. The first-order chi connectivity index (χ1) is 9.70. The fraction of sp³-hybridized carbons (Fsp3) is 0.500. The third kappa shape index (κ3) is 3.20. The lowest BCUT2D eigenvalue weighted by Gasteiger charge is -2.32. The second-order valence-corrected chi connectivity index (χ2v) is 6.04. The van der Waals surface area contributed by atoms with Gasteiger partial charge in [-0.05, 0) is 19.9 Å². The summed E-state index contributed by atoms with van der Waals surface area (Å²) < 4.78 is 5.84. The lowest BCUT2D eigenvalue weighted by Crippen LogP contribution is -2.38. The predicted molar refractivity (Wildman–Crippen MR) is 77.6 cm³/mol. The van der Waals surface area contributed by atoms with Crippen LogP contribution in [0.15, 0.2) is 17.6 Å². The molecule has 0 saturated carbocycles. The van der Waals surface area contributed by atoms with Crippen molar-refractivity contribution in [3.05, 3.63) is 39.9 Å². The van der Waals surface area contributed by atoms with Gasteiger partial charge in [-0.15, -0.1) is 11.3 Å². The van der Waals surface area contributed by atoms with Gasteiger partial charge in [-0.2, -0.15) is 0 Å². The van der Waals surface area contributed by atoms with Crippen LogP contribution >= 0.6 is 11.3 Å². The summed E-state index contributed by atoms with van der Waals surface area (Å²) in [7, 11) is 0. The van der Waals surface area contributed by atoms with Crippen molar-refractivity contribution in [3.8, 4) is 0 Å². The van der Waals surface area contributed by atoms with Crippen molar-refractivity contribution in [2.75, 3.05) is 19.7 Å². The van der Waals surface area contributed by atoms with E-state index in [1.165, 1.54) is 0 Å². The van der Waals surface area contributed by atoms with Gasteiger partial charge in [0.15, 0.2) is 0 Å². The van der Waals surface area contributed by atoms with E-state index < -0.39 is 0 Å². The average molecular weight is 290 g/mol. The number of nitrogens with zero attached hydrogens (tertiary/aromatic N) is 4. The minimum atomic E-state index is 0.0326. The fourth-order valence-corrected chi connectivity index (χ4v) is 2.99. The van der Waals surface area contributed by atoms with Crippen LogP contribution in [-0.4, -0.2) is 39.5 Å². The zero-order valence-electron chi connectivity index (χ0n) is 11.7. The van der Waals surface area contributed by atoms with E-state index in [-0.39, 0.29) is 6.10 Å². The highest BCUT2D eigenvalue weighted by molar-refractivity contribution is 7.09. The van der Waals surface area contributed by atoms with Crippen LogP contribution in [0, 0.1) is 13.8 Å². The van der Waals surface area contributed by atoms with Crippen LogP contribution in [0.1, 0.15) is 28.3 Å². The molecule has 5 nitrogen and oxygen atoms in total. The lowest BCUT2D eigenvalue weighted by atomic mass is 10.2. The number of aromatic nitrogens is 3. The van der Waals surface area contributed by atoms with Crippen LogP contribution in [0.2, 0.25) is 0 Å². The molecule has 0 aromatic carbocycles. The molecule has 0 bridgehead atoms. The van der Waals surface area contributed by atoms with Crippen LogP contribution in [0.5, 0.6) is 0 Å². The molecule has 2 aromatic rings. The molecule has 20 heavy (non-hydrogen) atoms. The van der Waals surface area contributed by atoms with Crippen LogP contribution in [0.3, 0.4) is 0 Å². The molecule has 0 radical (unpaired) electrons. The molecule has 0 spiro atoms. The molecule has 106 valence electrons. The van der Waals surface area contributed by atoms with Crippen molar-refractivity contribution in [2.45, 2.75) is 26.5 Å². The Morgan fingerprint density at radius 1 is 1.40 bits per heavy atom. The number of thiazole rings is 1. The summed E-state index contributed by atoms with van der Waals surface area (Å²) in [5.74, 6) is 0.790. The van der Waals surface area contributed by atoms with E-state index in [0.717, 1.165) is 48.5 Å². The van der Waals surface area contributed by atoms with Crippen molar-refractivity contribution in [2.24, 2.45) is 0 Å². The summed E-state index contributed by atoms with van der Waals surface area (Å²) in [6, 6.07) is 1.94. The Balaban J connectivity index is 1.67. The molecule has 3 heterocycles. The summed E-state index contributed by atoms with van der Waals surface area (Å²) in [6.07, 6.45) is 1.83. The Labute approximate surface area is 122 Å². The maximum absolute atomic E-state index is 5.84. The molecule has 0 unspecified atom stereocenters. The second-order valence-electron chi connectivity index (χ2n) is 4.98. The quantitative estimate of drug-likeness (QED) is 0.866. The van der Waals surface area contributed by atoms with E-state index >= 15 is 0 Å². The minimum Gasteiger partial charge on any atom is -0.369 e. The monoisotopic (exact) mass is 290 g/mol. The third-order valence-electron chi connectivity index (χ3n) is 3.33. The van der Waals surface area contributed by atoms with Crippen molar-refractivity contribution in [1.82, 2.24) is 19.9 Å². The summed E-state index contributed by atoms with van der Waals surface area (Å²) in [6.45, 7) is 7.36. The number of aryl methyl sites for hydroxylation is 2. The van der Waals surface area contributed by atoms with Gasteiger partial charge >= 0.3 is 0 Å². The number of rotatable bonds is 3. The van der Waals surface area contributed by atoms with Gasteiger partial charge in [-0.1, -0.05) is 0 Å². The molecule has 0 amide bonds. The van der Waals surface area contributed by atoms with Gasteiger partial charge in [0.25, 0.3) is 0 Å². The van der Waals surface area contributed by atoms with Crippen LogP contribution < -0.4 is 0 Å². The Hall–Kier alpha value is -1.37. The molecule has 0 aliphatic carbocycles. The van der Waals surface area contributed by atoms with Crippen molar-refractivity contribution in [1.29, 1.82) is 0 Å². The SMILES string of the molecule is Cc1nccc([C@H]2CN(Cc3csc(C)n3)CCO2)n1. The van der Waals surface area contributed by atoms with Crippen molar-refractivity contribution in [3.63, 3.8) is 0 Å². The van der Waals surface area contributed by atoms with E-state index in [0.29, 0.717) is 0 Å². The van der Waals surface area contributed by atoms with E-state index in [2.05, 4.69) is 25.2 Å². The van der Waals surface area contributed by atoms with E-state index in [1.54, 1.807) is 17.5 Å². The molecule has 1 aliphatic rings. The Morgan fingerprint density at radius 3 is 3.05 bits per heavy atom. The number of morpholine rings is 1. The molecule has 0 N–H and O–H groups in total. The third-order valence-corrected chi connectivity index (χ3v) is 4.15. The van der Waals surface area contributed by atoms with E-state index in [4.69, 9.17) is 4.74 Å². The molecular formula is C14H18N4OS. The molecule has 1 aliphatic heterocycles. The molecule has 6 heteroatoms. The molecule has 2 aromatic heterocycles. The fourth-order valence-electron chi connectivity index (χ4n) is 2.39. The first kappa shape index (κ1) is 13.6. The Kier molecular flexibility index (Phi) is 4.05. The van der Waals surface area contributed by atoms with Gasteiger partial charge in [-0.25, -0.2) is 15.0 Å². The van der Waals surface area contributed by atoms with Crippen LogP contribution in [0.4, 0.5) is 0 Å². The maximum atomic E-state index is 5.84. The minimum absolute atomic E-state index is 0.0326. The number of hydrogen-bond donors (Lipinski definition) is 0. The van der Waals surface area contributed by atoms with E-state index in [1.807, 2.05) is 19.9 Å². The maximum Gasteiger partial charge on any atom is 0.125 e. The highest BCUT2D eigenvalue weighted by atomic mass is 32.1. The topological polar surface area (TPSA) is 51.1 Å². The highest BCUT2D eigenvalue weighted by Gasteiger charge is 2.23. The van der Waals surface area contributed by atoms with Gasteiger partial charge in [0, 0.05) is 31.2 Å². The number of ether oxygens (including phenoxy) is 1. The van der Waals surface area contributed by atoms with Crippen molar-refractivity contribution >= 4 is 11.3 Å². The summed E-state index contributed by atoms with van der Waals surface area (Å²) in [5.41, 5.74) is 2.11. The Bertz CT molecular complexity index is 586. The zero-order valence-corrected chi connectivity index (χ0v) is 12.6. The first-order valence-corrected chi connectivity index (χ1v) is 7.63. The van der Waals surface area contributed by atoms with Crippen molar-refractivity contribution < 1.29 is 4.74 Å². The predicted octanol–water partition coefficient (Wildman–Crippen LogP) is 2.12. The standard InChI is InChI=1S/C14H18N4OS/c1-10-15-4-3-13(16-10)14-8-18(5-6-19-14)7-12-9-20-11(2)17-12/h3-4,9,14H,5-8H2,1-2H3/t14-/m1/s1. The average Bonchev–Trinajstić information content (AvgIpc) is 2.84. The Morgan fingerprint density at radius 2 is 2.30 bits per heavy atom. The molecular weight excluding hydrogens is 272 g/mol. The van der Waals surface area contributed by atoms with Crippen LogP contribution in [-0.2, 0) is 11.3 Å². The summed E-state index contributed by atoms with van der Waals surface area (Å²) >= 11 is 1.70. The normalized spacial score (nSPS) is 20.2. The molecule has 1 atom stereocenters. The molecule has 1 fully saturated rings.